The van der Waals surface area contributed by atoms with Crippen LogP contribution in [0.4, 0.5) is 0 Å². The highest BCUT2D eigenvalue weighted by atomic mass is 35.5. The number of halogens is 1. The van der Waals surface area contributed by atoms with E-state index < -0.39 is 0 Å². The van der Waals surface area contributed by atoms with Gasteiger partial charge in [0, 0.05) is 16.5 Å². The summed E-state index contributed by atoms with van der Waals surface area (Å²) < 4.78 is 1.91. The van der Waals surface area contributed by atoms with Crippen molar-refractivity contribution in [1.82, 2.24) is 19.5 Å². The third-order valence-electron chi connectivity index (χ3n) is 3.72. The lowest BCUT2D eigenvalue weighted by Gasteiger charge is -2.08. The third kappa shape index (κ3) is 3.18. The number of fused-ring (bicyclic) bond motifs is 1. The van der Waals surface area contributed by atoms with Crippen LogP contribution in [0.5, 0.6) is 0 Å². The minimum absolute atomic E-state index is 0.243. The number of hydrogen-bond donors (Lipinski definition) is 1. The van der Waals surface area contributed by atoms with Crippen molar-refractivity contribution >= 4 is 34.5 Å². The summed E-state index contributed by atoms with van der Waals surface area (Å²) in [7, 11) is 0. The van der Waals surface area contributed by atoms with Crippen molar-refractivity contribution in [2.45, 2.75) is 10.9 Å². The molecule has 4 rings (SSSR count). The first-order chi connectivity index (χ1) is 12.2. The Morgan fingerprint density at radius 3 is 2.60 bits per heavy atom. The molecule has 0 atom stereocenters. The zero-order chi connectivity index (χ0) is 17.2. The number of aromatic amines is 1. The van der Waals surface area contributed by atoms with Gasteiger partial charge in [-0.2, -0.15) is 0 Å². The van der Waals surface area contributed by atoms with Crippen molar-refractivity contribution in [2.24, 2.45) is 0 Å². The Hall–Kier alpha value is -2.57. The first kappa shape index (κ1) is 15.9. The van der Waals surface area contributed by atoms with Crippen LogP contribution in [0.1, 0.15) is 5.56 Å². The molecule has 0 fully saturated rings. The molecule has 2 aromatic heterocycles. The molecule has 7 heteroatoms. The number of hydrogen-bond acceptors (Lipinski definition) is 4. The van der Waals surface area contributed by atoms with Gasteiger partial charge in [-0.15, -0.1) is 0 Å². The summed E-state index contributed by atoms with van der Waals surface area (Å²) in [6.45, 7) is 0. The van der Waals surface area contributed by atoms with Crippen molar-refractivity contribution < 1.29 is 0 Å². The Bertz CT molecular complexity index is 1070. The van der Waals surface area contributed by atoms with Gasteiger partial charge in [-0.3, -0.25) is 9.36 Å². The second-order valence-corrected chi connectivity index (χ2v) is 6.76. The van der Waals surface area contributed by atoms with E-state index in [1.807, 2.05) is 59.2 Å². The number of H-pyrrole nitrogens is 1. The van der Waals surface area contributed by atoms with Crippen LogP contribution in [-0.2, 0) is 5.75 Å². The fourth-order valence-corrected chi connectivity index (χ4v) is 3.61. The van der Waals surface area contributed by atoms with E-state index in [1.54, 1.807) is 11.8 Å². The van der Waals surface area contributed by atoms with Crippen molar-refractivity contribution in [1.29, 1.82) is 0 Å². The van der Waals surface area contributed by atoms with Gasteiger partial charge >= 0.3 is 0 Å². The highest BCUT2D eigenvalue weighted by molar-refractivity contribution is 7.98. The Morgan fingerprint density at radius 1 is 1.08 bits per heavy atom. The van der Waals surface area contributed by atoms with E-state index in [0.29, 0.717) is 21.9 Å². The minimum Gasteiger partial charge on any atom is -0.311 e. The number of rotatable bonds is 4. The van der Waals surface area contributed by atoms with E-state index in [9.17, 15) is 4.79 Å². The molecule has 25 heavy (non-hydrogen) atoms. The number of imidazole rings is 1. The molecular weight excluding hydrogens is 356 g/mol. The summed E-state index contributed by atoms with van der Waals surface area (Å²) in [5, 5.41) is 1.43. The molecular formula is C18H13ClN4OS. The molecule has 0 aliphatic carbocycles. The topological polar surface area (TPSA) is 63.6 Å². The molecule has 4 aromatic rings. The van der Waals surface area contributed by atoms with E-state index in [1.165, 1.54) is 6.33 Å². The third-order valence-corrected chi connectivity index (χ3v) is 4.98. The number of thioether (sulfide) groups is 1. The SMILES string of the molecule is O=c1[nH]cnc2c1nc(SCc1ccc(Cl)cc1)n2-c1ccccc1. The van der Waals surface area contributed by atoms with Gasteiger partial charge in [-0.25, -0.2) is 9.97 Å². The Balaban J connectivity index is 1.78. The van der Waals surface area contributed by atoms with Crippen molar-refractivity contribution in [3.05, 3.63) is 81.9 Å². The highest BCUT2D eigenvalue weighted by Gasteiger charge is 2.16. The van der Waals surface area contributed by atoms with Gasteiger partial charge < -0.3 is 4.98 Å². The van der Waals surface area contributed by atoms with Gasteiger partial charge in [0.1, 0.15) is 0 Å². The van der Waals surface area contributed by atoms with Crippen LogP contribution in [0.2, 0.25) is 5.02 Å². The fourth-order valence-electron chi connectivity index (χ4n) is 2.52. The normalized spacial score (nSPS) is 11.1. The fraction of sp³-hybridized carbons (Fsp3) is 0.0556. The second-order valence-electron chi connectivity index (χ2n) is 5.38. The Kier molecular flexibility index (Phi) is 4.29. The lowest BCUT2D eigenvalue weighted by molar-refractivity contribution is 0.908. The van der Waals surface area contributed by atoms with Gasteiger partial charge in [0.2, 0.25) is 0 Å². The van der Waals surface area contributed by atoms with Crippen molar-refractivity contribution in [3.63, 3.8) is 0 Å². The van der Waals surface area contributed by atoms with Gasteiger partial charge in [0.05, 0.1) is 6.33 Å². The first-order valence-corrected chi connectivity index (χ1v) is 8.97. The summed E-state index contributed by atoms with van der Waals surface area (Å²) in [5.74, 6) is 0.714. The molecule has 1 N–H and O–H groups in total. The van der Waals surface area contributed by atoms with Gasteiger partial charge in [-0.05, 0) is 29.8 Å². The average molecular weight is 369 g/mol. The molecule has 124 valence electrons. The highest BCUT2D eigenvalue weighted by Crippen LogP contribution is 2.28. The standard InChI is InChI=1S/C18H13ClN4OS/c19-13-8-6-12(7-9-13)10-25-18-22-15-16(20-11-21-17(15)24)23(18)14-4-2-1-3-5-14/h1-9,11H,10H2,(H,20,21,24). The lowest BCUT2D eigenvalue weighted by atomic mass is 10.2. The molecule has 0 radical (unpaired) electrons. The van der Waals surface area contributed by atoms with Crippen molar-refractivity contribution in [3.8, 4) is 5.69 Å². The zero-order valence-corrected chi connectivity index (χ0v) is 14.6. The van der Waals surface area contributed by atoms with Gasteiger partial charge in [0.25, 0.3) is 5.56 Å². The molecule has 0 saturated carbocycles. The van der Waals surface area contributed by atoms with E-state index in [-0.39, 0.29) is 5.56 Å². The summed E-state index contributed by atoms with van der Waals surface area (Å²) in [5.41, 5.74) is 2.69. The minimum atomic E-state index is -0.243. The number of nitrogens with one attached hydrogen (secondary N) is 1. The Morgan fingerprint density at radius 2 is 1.84 bits per heavy atom. The lowest BCUT2D eigenvalue weighted by Crippen LogP contribution is -2.07. The smallest absolute Gasteiger partial charge is 0.278 e. The maximum atomic E-state index is 12.1. The van der Waals surface area contributed by atoms with Gasteiger partial charge in [-0.1, -0.05) is 53.7 Å². The molecule has 0 saturated heterocycles. The summed E-state index contributed by atoms with van der Waals surface area (Å²) in [6, 6.07) is 17.5. The monoisotopic (exact) mass is 368 g/mol. The molecule has 5 nitrogen and oxygen atoms in total. The Labute approximate surface area is 152 Å². The van der Waals surface area contributed by atoms with E-state index in [2.05, 4.69) is 15.0 Å². The van der Waals surface area contributed by atoms with Gasteiger partial charge in [0.15, 0.2) is 16.3 Å². The number of aromatic nitrogens is 4. The van der Waals surface area contributed by atoms with Crippen LogP contribution in [0.25, 0.3) is 16.9 Å². The molecule has 2 aromatic carbocycles. The second kappa shape index (κ2) is 6.74. The van der Waals surface area contributed by atoms with Crippen LogP contribution in [0.15, 0.2) is 70.9 Å². The predicted octanol–water partition coefficient (Wildman–Crippen LogP) is 4.05. The molecule has 0 aliphatic rings. The zero-order valence-electron chi connectivity index (χ0n) is 13.0. The van der Waals surface area contributed by atoms with Crippen LogP contribution >= 0.6 is 23.4 Å². The predicted molar refractivity (Wildman–Crippen MR) is 100 cm³/mol. The summed E-state index contributed by atoms with van der Waals surface area (Å²) in [6.07, 6.45) is 1.40. The summed E-state index contributed by atoms with van der Waals surface area (Å²) >= 11 is 7.49. The molecule has 0 bridgehead atoms. The number of nitrogens with zero attached hydrogens (tertiary/aromatic N) is 3. The quantitative estimate of drug-likeness (QED) is 0.552. The average Bonchev–Trinajstić information content (AvgIpc) is 3.02. The largest absolute Gasteiger partial charge is 0.311 e. The van der Waals surface area contributed by atoms with E-state index in [0.717, 1.165) is 16.4 Å². The van der Waals surface area contributed by atoms with E-state index in [4.69, 9.17) is 11.6 Å². The maximum absolute atomic E-state index is 12.1. The first-order valence-electron chi connectivity index (χ1n) is 7.61. The number of para-hydroxylation sites is 1. The van der Waals surface area contributed by atoms with E-state index >= 15 is 0 Å². The van der Waals surface area contributed by atoms with Crippen LogP contribution < -0.4 is 5.56 Å². The van der Waals surface area contributed by atoms with Crippen LogP contribution in [0.3, 0.4) is 0 Å². The summed E-state index contributed by atoms with van der Waals surface area (Å²) in [4.78, 5) is 23.5. The van der Waals surface area contributed by atoms with Crippen LogP contribution in [0, 0.1) is 0 Å². The molecule has 0 spiro atoms. The molecule has 0 unspecified atom stereocenters. The maximum Gasteiger partial charge on any atom is 0.278 e. The molecule has 0 aliphatic heterocycles. The molecule has 0 amide bonds. The van der Waals surface area contributed by atoms with Crippen LogP contribution in [-0.4, -0.2) is 19.5 Å². The van der Waals surface area contributed by atoms with Crippen molar-refractivity contribution in [2.75, 3.05) is 0 Å². The number of benzene rings is 2. The molecule has 2 heterocycles.